The molecule has 2 unspecified atom stereocenters. The van der Waals surface area contributed by atoms with E-state index in [-0.39, 0.29) is 72.1 Å². The molecule has 0 radical (unpaired) electrons. The number of nitrogens with zero attached hydrogens (tertiary/aromatic N) is 3. The number of aliphatic imine (C=N–C) groups is 3. The number of amides is 3. The first-order valence-corrected chi connectivity index (χ1v) is 19.4. The Labute approximate surface area is 357 Å². The number of phenols is 1. The molecule has 3 amide bonds. The fourth-order valence-electron chi connectivity index (χ4n) is 6.88. The minimum Gasteiger partial charge on any atom is -0.508 e. The molecule has 1 aliphatic carbocycles. The number of rotatable bonds is 17. The molecule has 0 aromatic heterocycles. The van der Waals surface area contributed by atoms with Crippen LogP contribution in [0.25, 0.3) is 33.4 Å². The summed E-state index contributed by atoms with van der Waals surface area (Å²) in [6.07, 6.45) is 0.421. The number of fused-ring (bicyclic) bond motifs is 3. The van der Waals surface area contributed by atoms with E-state index in [9.17, 15) is 44.1 Å². The Hall–Kier alpha value is -8.55. The van der Waals surface area contributed by atoms with E-state index in [1.807, 2.05) is 0 Å². The highest BCUT2D eigenvalue weighted by Gasteiger charge is 2.34. The summed E-state index contributed by atoms with van der Waals surface area (Å²) in [6.45, 7) is 4.48. The van der Waals surface area contributed by atoms with Crippen molar-refractivity contribution in [3.63, 3.8) is 0 Å². The number of carbonyl (C=O) groups is 5. The first-order valence-electron chi connectivity index (χ1n) is 19.4. The number of phenolic OH excluding ortho intramolecular Hbond substituents is 1. The summed E-state index contributed by atoms with van der Waals surface area (Å²) in [6, 6.07) is 17.4. The maximum atomic E-state index is 12.9. The second kappa shape index (κ2) is 18.4. The maximum Gasteiger partial charge on any atom is 0.336 e. The second-order valence-corrected chi connectivity index (χ2v) is 14.4. The molecule has 0 saturated heterocycles. The molecule has 0 saturated carbocycles. The van der Waals surface area contributed by atoms with Gasteiger partial charge in [0, 0.05) is 71.3 Å². The molecular formula is C43H40N10O10. The lowest BCUT2D eigenvalue weighted by Gasteiger charge is -2.25. The third kappa shape index (κ3) is 10.1. The van der Waals surface area contributed by atoms with Crippen LogP contribution in [0.1, 0.15) is 33.6 Å². The Bertz CT molecular complexity index is 2780. The molecule has 3 heterocycles. The van der Waals surface area contributed by atoms with Crippen LogP contribution in [0.2, 0.25) is 0 Å². The van der Waals surface area contributed by atoms with E-state index in [0.29, 0.717) is 45.0 Å². The predicted molar refractivity (Wildman–Crippen MR) is 233 cm³/mol. The third-order valence-corrected chi connectivity index (χ3v) is 9.92. The van der Waals surface area contributed by atoms with Gasteiger partial charge in [-0.05, 0) is 72.6 Å². The number of aliphatic carboxylic acids is 1. The third-order valence-electron chi connectivity index (χ3n) is 9.92. The van der Waals surface area contributed by atoms with Crippen LogP contribution in [0.15, 0.2) is 115 Å². The van der Waals surface area contributed by atoms with Gasteiger partial charge < -0.3 is 52.1 Å². The van der Waals surface area contributed by atoms with E-state index in [2.05, 4.69) is 53.5 Å². The van der Waals surface area contributed by atoms with E-state index in [0.717, 1.165) is 0 Å². The Morgan fingerprint density at radius 3 is 2.40 bits per heavy atom. The lowest BCUT2D eigenvalue weighted by molar-refractivity contribution is -0.139. The van der Waals surface area contributed by atoms with Gasteiger partial charge in [0.15, 0.2) is 23.6 Å². The van der Waals surface area contributed by atoms with Gasteiger partial charge in [-0.1, -0.05) is 12.6 Å². The fourth-order valence-corrected chi connectivity index (χ4v) is 6.88. The normalized spacial score (nSPS) is 15.8. The van der Waals surface area contributed by atoms with E-state index in [4.69, 9.17) is 10.2 Å². The van der Waals surface area contributed by atoms with Crippen LogP contribution >= 0.6 is 0 Å². The molecule has 3 atom stereocenters. The molecule has 0 spiro atoms. The lowest BCUT2D eigenvalue weighted by Crippen LogP contribution is -2.52. The van der Waals surface area contributed by atoms with Crippen molar-refractivity contribution >= 4 is 69.9 Å². The molecule has 20 heteroatoms. The summed E-state index contributed by atoms with van der Waals surface area (Å²) in [5, 5.41) is 47.2. The highest BCUT2D eigenvalue weighted by Crippen LogP contribution is 2.42. The molecule has 4 aliphatic rings. The van der Waals surface area contributed by atoms with Crippen LogP contribution in [0.5, 0.6) is 5.75 Å². The number of hydrogen-bond donors (Lipinski definition) is 10. The number of carbonyl (C=O) groups excluding carboxylic acids is 3. The topological polar surface area (TPSA) is 312 Å². The Balaban J connectivity index is 0.865. The van der Waals surface area contributed by atoms with Crippen LogP contribution < -0.4 is 43.1 Å². The SMILES string of the molecule is C=C(NCCNC(=O)CC[C@H](NC(=O)c1ccc(NCC2=NC3C(=O)NC(N)=NC3N=C2)cc1)C(=O)O)Nc1ccc(-c2c3ccc(=O)cc-3oc3cc(O)ccc23)c(C(=O)O)c1. The zero-order valence-corrected chi connectivity index (χ0v) is 33.2. The van der Waals surface area contributed by atoms with Gasteiger partial charge in [0.25, 0.3) is 11.8 Å². The number of guanidine groups is 1. The lowest BCUT2D eigenvalue weighted by atomic mass is 9.90. The molecule has 0 bridgehead atoms. The van der Waals surface area contributed by atoms with Crippen molar-refractivity contribution in [2.75, 3.05) is 30.3 Å². The van der Waals surface area contributed by atoms with Crippen molar-refractivity contribution < 1.29 is 43.7 Å². The van der Waals surface area contributed by atoms with E-state index >= 15 is 0 Å². The van der Waals surface area contributed by atoms with Crippen molar-refractivity contribution in [1.29, 1.82) is 0 Å². The zero-order valence-electron chi connectivity index (χ0n) is 33.2. The summed E-state index contributed by atoms with van der Waals surface area (Å²) >= 11 is 0. The molecule has 7 rings (SSSR count). The summed E-state index contributed by atoms with van der Waals surface area (Å²) in [5.74, 6) is -3.60. The predicted octanol–water partition coefficient (Wildman–Crippen LogP) is 2.30. The monoisotopic (exact) mass is 856 g/mol. The minimum absolute atomic E-state index is 0.0147. The average Bonchev–Trinajstić information content (AvgIpc) is 3.25. The van der Waals surface area contributed by atoms with Crippen LogP contribution in [0.4, 0.5) is 11.4 Å². The largest absolute Gasteiger partial charge is 0.508 e. The highest BCUT2D eigenvalue weighted by atomic mass is 16.4. The molecular weight excluding hydrogens is 817 g/mol. The highest BCUT2D eigenvalue weighted by molar-refractivity contribution is 6.33. The zero-order chi connectivity index (χ0) is 44.8. The summed E-state index contributed by atoms with van der Waals surface area (Å²) < 4.78 is 5.88. The van der Waals surface area contributed by atoms with Gasteiger partial charge in [-0.2, -0.15) is 0 Å². The number of aromatic hydroxyl groups is 1. The van der Waals surface area contributed by atoms with Crippen LogP contribution in [-0.2, 0) is 14.4 Å². The second-order valence-electron chi connectivity index (χ2n) is 14.4. The Morgan fingerprint density at radius 2 is 1.63 bits per heavy atom. The fraction of sp³-hybridized carbons (Fsp3) is 0.186. The number of aromatic carboxylic acids is 1. The number of nitrogens with one attached hydrogen (secondary N) is 6. The summed E-state index contributed by atoms with van der Waals surface area (Å²) in [7, 11) is 0. The first kappa shape index (κ1) is 42.6. The summed E-state index contributed by atoms with van der Waals surface area (Å²) in [5.41, 5.74) is 8.51. The first-order chi connectivity index (χ1) is 30.2. The minimum atomic E-state index is -1.34. The number of anilines is 2. The standard InChI is InChI=1S/C43H40N10O10/c1-21(49-24-6-9-28(31(16-24)41(59)60)36-29-10-7-26(54)17-33(29)63-34-18-27(55)8-11-30(34)36)45-14-15-46-35(56)13-12-32(42(61)62)51-39(57)22-2-4-23(5-3-22)47-19-25-20-48-38-37(50-25)40(58)53-43(44)52-38/h2-11,16-18,20,32,37-38,45,47,49,54H,1,12-15,19H2,(H,46,56)(H,51,57)(H,59,60)(H,61,62)(H3,44,52,53,58)/t32-,37?,38?/m0/s1. The number of hydrogen-bond acceptors (Lipinski definition) is 15. The van der Waals surface area contributed by atoms with E-state index in [1.54, 1.807) is 36.4 Å². The number of benzene rings is 4. The van der Waals surface area contributed by atoms with Crippen LogP contribution in [0, 0.1) is 0 Å². The molecule has 63 heavy (non-hydrogen) atoms. The maximum absolute atomic E-state index is 12.9. The molecule has 11 N–H and O–H groups in total. The molecule has 3 aromatic carbocycles. The summed E-state index contributed by atoms with van der Waals surface area (Å²) in [4.78, 5) is 87.0. The van der Waals surface area contributed by atoms with Crippen LogP contribution in [0.3, 0.4) is 0 Å². The van der Waals surface area contributed by atoms with Crippen molar-refractivity contribution in [3.05, 3.63) is 113 Å². The average molecular weight is 857 g/mol. The molecule has 3 aliphatic heterocycles. The number of carboxylic acids is 2. The number of nitrogens with two attached hydrogens (primary N) is 1. The van der Waals surface area contributed by atoms with Gasteiger partial charge in [0.2, 0.25) is 5.91 Å². The van der Waals surface area contributed by atoms with Crippen molar-refractivity contribution in [2.45, 2.75) is 31.1 Å². The van der Waals surface area contributed by atoms with Gasteiger partial charge in [0.05, 0.1) is 23.6 Å². The van der Waals surface area contributed by atoms with Crippen molar-refractivity contribution in [1.82, 2.24) is 21.3 Å². The molecule has 0 fully saturated rings. The Morgan fingerprint density at radius 1 is 0.889 bits per heavy atom. The molecule has 20 nitrogen and oxygen atoms in total. The van der Waals surface area contributed by atoms with Crippen molar-refractivity contribution in [2.24, 2.45) is 20.7 Å². The van der Waals surface area contributed by atoms with E-state index < -0.39 is 47.9 Å². The van der Waals surface area contributed by atoms with Crippen molar-refractivity contribution in [3.8, 4) is 28.2 Å². The smallest absolute Gasteiger partial charge is 0.336 e. The quantitative estimate of drug-likeness (QED) is 0.0474. The Kier molecular flexibility index (Phi) is 12.4. The van der Waals surface area contributed by atoms with Crippen LogP contribution in [-0.4, -0.2) is 101 Å². The van der Waals surface area contributed by atoms with E-state index in [1.165, 1.54) is 48.7 Å². The van der Waals surface area contributed by atoms with Gasteiger partial charge in [-0.3, -0.25) is 34.5 Å². The van der Waals surface area contributed by atoms with Gasteiger partial charge in [-0.15, -0.1) is 0 Å². The van der Waals surface area contributed by atoms with Gasteiger partial charge in [0.1, 0.15) is 23.1 Å². The number of carboxylic acid groups (broad SMARTS) is 2. The molecule has 3 aromatic rings. The molecule has 322 valence electrons. The van der Waals surface area contributed by atoms with Gasteiger partial charge in [-0.25, -0.2) is 14.6 Å². The van der Waals surface area contributed by atoms with Gasteiger partial charge >= 0.3 is 11.9 Å².